The number of phenols is 1. The van der Waals surface area contributed by atoms with E-state index in [1.165, 1.54) is 6.07 Å². The molecule has 0 unspecified atom stereocenters. The summed E-state index contributed by atoms with van der Waals surface area (Å²) in [5.41, 5.74) is 1.74. The number of nitrogens with zero attached hydrogens (tertiary/aromatic N) is 2. The fourth-order valence-corrected chi connectivity index (χ4v) is 1.44. The molecule has 2 N–H and O–H groups in total. The third-order valence-corrected chi connectivity index (χ3v) is 2.41. The van der Waals surface area contributed by atoms with Crippen molar-refractivity contribution in [3.8, 4) is 5.75 Å². The second kappa shape index (κ2) is 5.27. The molecular weight excluding hydrogens is 230 g/mol. The topological polar surface area (TPSA) is 75.1 Å². The van der Waals surface area contributed by atoms with Crippen LogP contribution in [0.3, 0.4) is 0 Å². The normalized spacial score (nSPS) is 10.1. The molecule has 2 aromatic rings. The van der Waals surface area contributed by atoms with E-state index >= 15 is 0 Å². The summed E-state index contributed by atoms with van der Waals surface area (Å²) >= 11 is 0. The average molecular weight is 243 g/mol. The number of benzene rings is 1. The number of aryl methyl sites for hydroxylation is 1. The van der Waals surface area contributed by atoms with Crippen molar-refractivity contribution in [2.75, 3.05) is 0 Å². The molecule has 1 amide bonds. The van der Waals surface area contributed by atoms with Gasteiger partial charge in [0.25, 0.3) is 5.91 Å². The third kappa shape index (κ3) is 2.82. The first kappa shape index (κ1) is 12.0. The number of hydrogen-bond donors (Lipinski definition) is 2. The van der Waals surface area contributed by atoms with Gasteiger partial charge in [0.15, 0.2) is 0 Å². The van der Waals surface area contributed by atoms with E-state index in [1.807, 2.05) is 6.92 Å². The number of carbonyl (C=O) groups excluding carboxylic acids is 1. The van der Waals surface area contributed by atoms with Gasteiger partial charge >= 0.3 is 0 Å². The number of carbonyl (C=O) groups is 1. The summed E-state index contributed by atoms with van der Waals surface area (Å²) < 4.78 is 0. The Labute approximate surface area is 105 Å². The maximum absolute atomic E-state index is 11.8. The molecule has 1 heterocycles. The monoisotopic (exact) mass is 243 g/mol. The van der Waals surface area contributed by atoms with Gasteiger partial charge in [0, 0.05) is 6.20 Å². The molecule has 0 aliphatic rings. The predicted octanol–water partition coefficient (Wildman–Crippen LogP) is 1.42. The molecule has 92 valence electrons. The van der Waals surface area contributed by atoms with Gasteiger partial charge < -0.3 is 10.4 Å². The lowest BCUT2D eigenvalue weighted by Crippen LogP contribution is -2.23. The van der Waals surface area contributed by atoms with Gasteiger partial charge in [0.1, 0.15) is 5.75 Å². The van der Waals surface area contributed by atoms with Gasteiger partial charge in [-0.2, -0.15) is 0 Å². The minimum absolute atomic E-state index is 0.0370. The van der Waals surface area contributed by atoms with Crippen LogP contribution in [0.4, 0.5) is 0 Å². The van der Waals surface area contributed by atoms with E-state index in [2.05, 4.69) is 15.3 Å². The van der Waals surface area contributed by atoms with Crippen LogP contribution in [0.1, 0.15) is 21.7 Å². The van der Waals surface area contributed by atoms with Gasteiger partial charge in [-0.1, -0.05) is 12.1 Å². The third-order valence-electron chi connectivity index (χ3n) is 2.41. The molecule has 5 nitrogen and oxygen atoms in total. The largest absolute Gasteiger partial charge is 0.507 e. The number of aromatic hydroxyl groups is 1. The van der Waals surface area contributed by atoms with Gasteiger partial charge in [-0.25, -0.2) is 0 Å². The Morgan fingerprint density at radius 2 is 2.06 bits per heavy atom. The van der Waals surface area contributed by atoms with Crippen molar-refractivity contribution in [2.24, 2.45) is 0 Å². The summed E-state index contributed by atoms with van der Waals surface area (Å²) in [6.45, 7) is 2.12. The Hall–Kier alpha value is -2.43. The number of para-hydroxylation sites is 1. The van der Waals surface area contributed by atoms with Crippen molar-refractivity contribution in [1.82, 2.24) is 15.3 Å². The average Bonchev–Trinajstić information content (AvgIpc) is 2.38. The van der Waals surface area contributed by atoms with Crippen molar-refractivity contribution in [1.29, 1.82) is 0 Å². The highest BCUT2D eigenvalue weighted by molar-refractivity contribution is 5.96. The first-order valence-electron chi connectivity index (χ1n) is 5.50. The molecule has 0 spiro atoms. The lowest BCUT2D eigenvalue weighted by atomic mass is 10.2. The van der Waals surface area contributed by atoms with Crippen molar-refractivity contribution >= 4 is 5.91 Å². The fourth-order valence-electron chi connectivity index (χ4n) is 1.44. The van der Waals surface area contributed by atoms with E-state index in [9.17, 15) is 9.90 Å². The lowest BCUT2D eigenvalue weighted by Gasteiger charge is -2.06. The van der Waals surface area contributed by atoms with Gasteiger partial charge in [-0.15, -0.1) is 0 Å². The van der Waals surface area contributed by atoms with Crippen LogP contribution < -0.4 is 5.32 Å². The molecule has 0 aliphatic carbocycles. The number of phenolic OH excluding ortho intramolecular Hbond substituents is 1. The van der Waals surface area contributed by atoms with Gasteiger partial charge in [-0.3, -0.25) is 14.8 Å². The van der Waals surface area contributed by atoms with Crippen molar-refractivity contribution in [2.45, 2.75) is 13.5 Å². The summed E-state index contributed by atoms with van der Waals surface area (Å²) in [4.78, 5) is 20.0. The second-order valence-electron chi connectivity index (χ2n) is 3.85. The van der Waals surface area contributed by atoms with Crippen LogP contribution in [0.5, 0.6) is 5.75 Å². The van der Waals surface area contributed by atoms with Crippen LogP contribution in [0, 0.1) is 6.92 Å². The van der Waals surface area contributed by atoms with Crippen molar-refractivity contribution in [3.63, 3.8) is 0 Å². The number of hydrogen-bond acceptors (Lipinski definition) is 4. The van der Waals surface area contributed by atoms with Crippen LogP contribution in [0.2, 0.25) is 0 Å². The number of nitrogens with one attached hydrogen (secondary N) is 1. The fraction of sp³-hybridized carbons (Fsp3) is 0.154. The Bertz CT molecular complexity index is 552. The summed E-state index contributed by atoms with van der Waals surface area (Å²) in [6.07, 6.45) is 3.25. The summed E-state index contributed by atoms with van der Waals surface area (Å²) in [7, 11) is 0. The van der Waals surface area contributed by atoms with E-state index in [1.54, 1.807) is 30.6 Å². The molecular formula is C13H13N3O2. The van der Waals surface area contributed by atoms with Crippen LogP contribution in [-0.2, 0) is 6.54 Å². The zero-order valence-electron chi connectivity index (χ0n) is 9.92. The minimum atomic E-state index is -0.338. The molecule has 5 heteroatoms. The molecule has 0 atom stereocenters. The molecule has 0 saturated heterocycles. The lowest BCUT2D eigenvalue weighted by molar-refractivity contribution is 0.0947. The minimum Gasteiger partial charge on any atom is -0.507 e. The smallest absolute Gasteiger partial charge is 0.255 e. The summed E-state index contributed by atoms with van der Waals surface area (Å²) in [6, 6.07) is 6.39. The van der Waals surface area contributed by atoms with E-state index in [4.69, 9.17) is 0 Å². The van der Waals surface area contributed by atoms with E-state index in [0.29, 0.717) is 5.69 Å². The number of aromatic nitrogens is 2. The van der Waals surface area contributed by atoms with E-state index < -0.39 is 0 Å². The molecule has 1 aromatic carbocycles. The summed E-state index contributed by atoms with van der Waals surface area (Å²) in [5, 5.41) is 12.2. The molecule has 2 rings (SSSR count). The quantitative estimate of drug-likeness (QED) is 0.855. The Balaban J connectivity index is 2.01. The maximum atomic E-state index is 11.8. The molecule has 0 aliphatic heterocycles. The zero-order chi connectivity index (χ0) is 13.0. The maximum Gasteiger partial charge on any atom is 0.255 e. The van der Waals surface area contributed by atoms with Crippen LogP contribution in [0.15, 0.2) is 36.7 Å². The van der Waals surface area contributed by atoms with Crippen LogP contribution in [0.25, 0.3) is 0 Å². The molecule has 0 fully saturated rings. The molecule has 0 radical (unpaired) electrons. The summed E-state index contributed by atoms with van der Waals surface area (Å²) in [5.74, 6) is -0.375. The highest BCUT2D eigenvalue weighted by atomic mass is 16.3. The van der Waals surface area contributed by atoms with Gasteiger partial charge in [0.2, 0.25) is 0 Å². The van der Waals surface area contributed by atoms with Crippen molar-refractivity contribution < 1.29 is 9.90 Å². The van der Waals surface area contributed by atoms with Gasteiger partial charge in [0.05, 0.1) is 29.7 Å². The number of amides is 1. The second-order valence-corrected chi connectivity index (χ2v) is 3.85. The first-order valence-corrected chi connectivity index (χ1v) is 5.50. The Kier molecular flexibility index (Phi) is 3.52. The standard InChI is InChI=1S/C13H13N3O2/c1-9-6-15-10(7-14-9)8-16-13(18)11-4-2-3-5-12(11)17/h2-7,17H,8H2,1H3,(H,16,18). The zero-order valence-corrected chi connectivity index (χ0v) is 9.92. The number of rotatable bonds is 3. The van der Waals surface area contributed by atoms with E-state index in [0.717, 1.165) is 5.69 Å². The highest BCUT2D eigenvalue weighted by Crippen LogP contribution is 2.15. The Morgan fingerprint density at radius 1 is 1.28 bits per heavy atom. The van der Waals surface area contributed by atoms with Crippen molar-refractivity contribution in [3.05, 3.63) is 53.6 Å². The van der Waals surface area contributed by atoms with Crippen LogP contribution in [-0.4, -0.2) is 21.0 Å². The predicted molar refractivity (Wildman–Crippen MR) is 66.0 cm³/mol. The van der Waals surface area contributed by atoms with Crippen LogP contribution >= 0.6 is 0 Å². The molecule has 1 aromatic heterocycles. The highest BCUT2D eigenvalue weighted by Gasteiger charge is 2.09. The van der Waals surface area contributed by atoms with Gasteiger partial charge in [-0.05, 0) is 19.1 Å². The molecule has 0 bridgehead atoms. The first-order chi connectivity index (χ1) is 8.66. The Morgan fingerprint density at radius 3 is 2.72 bits per heavy atom. The SMILES string of the molecule is Cc1cnc(CNC(=O)c2ccccc2O)cn1. The molecule has 0 saturated carbocycles. The van der Waals surface area contributed by atoms with E-state index in [-0.39, 0.29) is 23.8 Å². The molecule has 18 heavy (non-hydrogen) atoms.